The van der Waals surface area contributed by atoms with E-state index in [0.29, 0.717) is 23.2 Å². The second-order valence-corrected chi connectivity index (χ2v) is 6.01. The van der Waals surface area contributed by atoms with Crippen molar-refractivity contribution >= 4 is 23.2 Å². The zero-order valence-electron chi connectivity index (χ0n) is 11.9. The molecule has 0 aromatic heterocycles. The van der Waals surface area contributed by atoms with Gasteiger partial charge in [0.2, 0.25) is 5.91 Å². The molecule has 20 heavy (non-hydrogen) atoms. The Labute approximate surface area is 124 Å². The van der Waals surface area contributed by atoms with Crippen LogP contribution in [0.3, 0.4) is 0 Å². The molecule has 2 unspecified atom stereocenters. The van der Waals surface area contributed by atoms with E-state index in [1.54, 1.807) is 0 Å². The molecular weight excluding hydrogens is 276 g/mol. The first-order chi connectivity index (χ1) is 9.45. The number of nitrogens with one attached hydrogen (secondary N) is 1. The highest BCUT2D eigenvalue weighted by molar-refractivity contribution is 6.33. The average molecular weight is 297 g/mol. The van der Waals surface area contributed by atoms with Crippen molar-refractivity contribution in [1.82, 2.24) is 4.90 Å². The summed E-state index contributed by atoms with van der Waals surface area (Å²) in [5.74, 6) is 0.207. The van der Waals surface area contributed by atoms with Gasteiger partial charge < -0.3 is 10.4 Å². The molecule has 0 spiro atoms. The maximum absolute atomic E-state index is 12.0. The van der Waals surface area contributed by atoms with Gasteiger partial charge in [-0.2, -0.15) is 0 Å². The molecule has 2 rings (SSSR count). The van der Waals surface area contributed by atoms with Crippen molar-refractivity contribution in [3.8, 4) is 0 Å². The van der Waals surface area contributed by atoms with E-state index in [1.165, 1.54) is 0 Å². The van der Waals surface area contributed by atoms with Crippen molar-refractivity contribution in [1.29, 1.82) is 0 Å². The molecule has 5 heteroatoms. The van der Waals surface area contributed by atoms with E-state index in [-0.39, 0.29) is 18.6 Å². The van der Waals surface area contributed by atoms with Gasteiger partial charge in [-0.3, -0.25) is 9.69 Å². The van der Waals surface area contributed by atoms with E-state index in [2.05, 4.69) is 5.32 Å². The van der Waals surface area contributed by atoms with Crippen molar-refractivity contribution in [2.75, 3.05) is 25.0 Å². The number of rotatable bonds is 3. The van der Waals surface area contributed by atoms with Gasteiger partial charge in [0.05, 0.1) is 23.4 Å². The van der Waals surface area contributed by atoms with Gasteiger partial charge in [0.15, 0.2) is 0 Å². The molecule has 2 atom stereocenters. The molecule has 1 aromatic carbocycles. The molecule has 1 aliphatic rings. The first-order valence-electron chi connectivity index (χ1n) is 6.92. The number of β-amino-alcohol motifs (C(OH)–C–C–N with tert-alkyl or cyclic N) is 1. The lowest BCUT2D eigenvalue weighted by Crippen LogP contribution is -2.45. The molecule has 1 heterocycles. The van der Waals surface area contributed by atoms with Crippen LogP contribution in [0.5, 0.6) is 0 Å². The number of likely N-dealkylation sites (tertiary alicyclic amines) is 1. The van der Waals surface area contributed by atoms with E-state index in [9.17, 15) is 9.90 Å². The van der Waals surface area contributed by atoms with Crippen LogP contribution in [0.15, 0.2) is 18.2 Å². The summed E-state index contributed by atoms with van der Waals surface area (Å²) in [6.45, 7) is 5.67. The molecule has 0 aliphatic carbocycles. The largest absolute Gasteiger partial charge is 0.392 e. The highest BCUT2D eigenvalue weighted by Gasteiger charge is 2.25. The van der Waals surface area contributed by atoms with Crippen LogP contribution in [0.4, 0.5) is 5.69 Å². The summed E-state index contributed by atoms with van der Waals surface area (Å²) in [5.41, 5.74) is 1.69. The Kier molecular flexibility index (Phi) is 5.02. The number of aliphatic hydroxyl groups excluding tert-OH is 1. The number of piperidine rings is 1. The lowest BCUT2D eigenvalue weighted by atomic mass is 9.96. The number of nitrogens with zero attached hydrogens (tertiary/aromatic N) is 1. The van der Waals surface area contributed by atoms with Crippen molar-refractivity contribution in [2.45, 2.75) is 26.4 Å². The third kappa shape index (κ3) is 3.95. The first-order valence-corrected chi connectivity index (χ1v) is 7.30. The maximum atomic E-state index is 12.0. The standard InChI is InChI=1S/C15H21ClN2O2/c1-10-3-4-13(12(16)7-10)17-15(20)9-18-6-5-11(2)14(19)8-18/h3-4,7,11,14,19H,5-6,8-9H2,1-2H3,(H,17,20). The molecule has 1 fully saturated rings. The minimum Gasteiger partial charge on any atom is -0.392 e. The molecule has 2 N–H and O–H groups in total. The number of amides is 1. The predicted octanol–water partition coefficient (Wildman–Crippen LogP) is 2.29. The lowest BCUT2D eigenvalue weighted by molar-refractivity contribution is -0.118. The topological polar surface area (TPSA) is 52.6 Å². The summed E-state index contributed by atoms with van der Waals surface area (Å²) in [7, 11) is 0. The Morgan fingerprint density at radius 1 is 1.55 bits per heavy atom. The molecule has 0 bridgehead atoms. The van der Waals surface area contributed by atoms with E-state index in [4.69, 9.17) is 11.6 Å². The number of benzene rings is 1. The van der Waals surface area contributed by atoms with Gasteiger partial charge in [0.1, 0.15) is 0 Å². The van der Waals surface area contributed by atoms with Gasteiger partial charge in [-0.25, -0.2) is 0 Å². The summed E-state index contributed by atoms with van der Waals surface area (Å²) in [5, 5.41) is 13.2. The van der Waals surface area contributed by atoms with Crippen LogP contribution in [-0.2, 0) is 4.79 Å². The van der Waals surface area contributed by atoms with Gasteiger partial charge in [0.25, 0.3) is 0 Å². The molecular formula is C15H21ClN2O2. The number of hydrogen-bond acceptors (Lipinski definition) is 3. The minimum absolute atomic E-state index is 0.0995. The Balaban J connectivity index is 1.89. The number of halogens is 1. The number of anilines is 1. The third-order valence-electron chi connectivity index (χ3n) is 3.77. The van der Waals surface area contributed by atoms with Crippen LogP contribution in [0.2, 0.25) is 5.02 Å². The van der Waals surface area contributed by atoms with Crippen molar-refractivity contribution < 1.29 is 9.90 Å². The van der Waals surface area contributed by atoms with Crippen molar-refractivity contribution in [2.24, 2.45) is 5.92 Å². The minimum atomic E-state index is -0.348. The van der Waals surface area contributed by atoms with Gasteiger partial charge >= 0.3 is 0 Å². The van der Waals surface area contributed by atoms with Crippen LogP contribution in [0.1, 0.15) is 18.9 Å². The van der Waals surface area contributed by atoms with E-state index in [0.717, 1.165) is 18.5 Å². The molecule has 1 aromatic rings. The van der Waals surface area contributed by atoms with Crippen molar-refractivity contribution in [3.63, 3.8) is 0 Å². The summed E-state index contributed by atoms with van der Waals surface area (Å²) >= 11 is 6.09. The summed E-state index contributed by atoms with van der Waals surface area (Å²) < 4.78 is 0. The van der Waals surface area contributed by atoms with Crippen LogP contribution >= 0.6 is 11.6 Å². The summed E-state index contributed by atoms with van der Waals surface area (Å²) in [6, 6.07) is 5.54. The fraction of sp³-hybridized carbons (Fsp3) is 0.533. The number of aliphatic hydroxyl groups is 1. The zero-order chi connectivity index (χ0) is 14.7. The van der Waals surface area contributed by atoms with E-state index < -0.39 is 0 Å². The van der Waals surface area contributed by atoms with Gasteiger partial charge in [-0.15, -0.1) is 0 Å². The van der Waals surface area contributed by atoms with Crippen molar-refractivity contribution in [3.05, 3.63) is 28.8 Å². The van der Waals surface area contributed by atoms with Crippen LogP contribution in [0.25, 0.3) is 0 Å². The maximum Gasteiger partial charge on any atom is 0.238 e. The number of aryl methyl sites for hydroxylation is 1. The first kappa shape index (κ1) is 15.3. The van der Waals surface area contributed by atoms with Crippen LogP contribution in [0, 0.1) is 12.8 Å². The average Bonchev–Trinajstić information content (AvgIpc) is 2.37. The van der Waals surface area contributed by atoms with Gasteiger partial charge in [-0.1, -0.05) is 24.6 Å². The van der Waals surface area contributed by atoms with Gasteiger partial charge in [0, 0.05) is 6.54 Å². The Hall–Kier alpha value is -1.10. The van der Waals surface area contributed by atoms with Crippen LogP contribution in [-0.4, -0.2) is 41.7 Å². The molecule has 4 nitrogen and oxygen atoms in total. The second-order valence-electron chi connectivity index (χ2n) is 5.60. The Bertz CT molecular complexity index is 493. The summed E-state index contributed by atoms with van der Waals surface area (Å²) in [6.07, 6.45) is 0.569. The monoisotopic (exact) mass is 296 g/mol. The van der Waals surface area contributed by atoms with E-state index >= 15 is 0 Å². The molecule has 1 saturated heterocycles. The zero-order valence-corrected chi connectivity index (χ0v) is 12.7. The van der Waals surface area contributed by atoms with Crippen LogP contribution < -0.4 is 5.32 Å². The third-order valence-corrected chi connectivity index (χ3v) is 4.08. The lowest BCUT2D eigenvalue weighted by Gasteiger charge is -2.33. The number of carbonyl (C=O) groups excluding carboxylic acids is 1. The number of hydrogen-bond donors (Lipinski definition) is 2. The molecule has 0 radical (unpaired) electrons. The highest BCUT2D eigenvalue weighted by atomic mass is 35.5. The fourth-order valence-electron chi connectivity index (χ4n) is 2.37. The quantitative estimate of drug-likeness (QED) is 0.900. The molecule has 110 valence electrons. The van der Waals surface area contributed by atoms with E-state index in [1.807, 2.05) is 36.9 Å². The Morgan fingerprint density at radius 2 is 2.30 bits per heavy atom. The van der Waals surface area contributed by atoms with Gasteiger partial charge in [-0.05, 0) is 43.5 Å². The second kappa shape index (κ2) is 6.57. The Morgan fingerprint density at radius 3 is 2.95 bits per heavy atom. The number of carbonyl (C=O) groups is 1. The highest BCUT2D eigenvalue weighted by Crippen LogP contribution is 2.23. The summed E-state index contributed by atoms with van der Waals surface area (Å²) in [4.78, 5) is 14.0. The SMILES string of the molecule is Cc1ccc(NC(=O)CN2CCC(C)C(O)C2)c(Cl)c1. The normalized spacial score (nSPS) is 23.6. The molecule has 1 amide bonds. The smallest absolute Gasteiger partial charge is 0.238 e. The molecule has 0 saturated carbocycles. The predicted molar refractivity (Wildman–Crippen MR) is 81.0 cm³/mol. The molecule has 1 aliphatic heterocycles. The fourth-order valence-corrected chi connectivity index (χ4v) is 2.65.